The number of carbonyl (C=O) groups excluding carboxylic acids is 3. The van der Waals surface area contributed by atoms with Gasteiger partial charge < -0.3 is 40.0 Å². The van der Waals surface area contributed by atoms with Gasteiger partial charge in [-0.1, -0.05) is 26.8 Å². The maximum Gasteiger partial charge on any atom is 0.408 e. The van der Waals surface area contributed by atoms with Gasteiger partial charge in [-0.05, 0) is 69.6 Å². The monoisotopic (exact) mass is 874 g/mol. The number of rotatable bonds is 15. The van der Waals surface area contributed by atoms with Crippen molar-refractivity contribution in [2.75, 3.05) is 19.0 Å². The fourth-order valence-corrected chi connectivity index (χ4v) is 11.2. The highest BCUT2D eigenvalue weighted by Crippen LogP contribution is 2.70. The Hall–Kier alpha value is -5.12. The van der Waals surface area contributed by atoms with Crippen molar-refractivity contribution in [3.8, 4) is 22.9 Å². The molecule has 4 heterocycles. The number of carbonyl (C=O) groups is 3. The van der Waals surface area contributed by atoms with Crippen molar-refractivity contribution >= 4 is 52.6 Å². The van der Waals surface area contributed by atoms with Crippen molar-refractivity contribution in [1.82, 2.24) is 35.5 Å². The molecule has 2 saturated carbocycles. The molecule has 3 amide bonds. The molecule has 61 heavy (non-hydrogen) atoms. The van der Waals surface area contributed by atoms with E-state index >= 15 is 0 Å². The Bertz CT molecular complexity index is 2320. The fraction of sp³-hybridized carbons (Fsp3) is 0.512. The summed E-state index contributed by atoms with van der Waals surface area (Å²) in [5.74, 6) is -0.453. The van der Waals surface area contributed by atoms with E-state index in [1.54, 1.807) is 37.5 Å². The first-order valence-corrected chi connectivity index (χ1v) is 23.4. The summed E-state index contributed by atoms with van der Waals surface area (Å²) in [6.07, 6.45) is 6.12. The summed E-state index contributed by atoms with van der Waals surface area (Å²) in [5.41, 5.74) is 0.963. The first-order valence-electron chi connectivity index (χ1n) is 20.7. The fourth-order valence-electron chi connectivity index (χ4n) is 8.14. The van der Waals surface area contributed by atoms with Crippen LogP contribution < -0.4 is 25.4 Å². The summed E-state index contributed by atoms with van der Waals surface area (Å²) in [6, 6.07) is 6.78. The number of thiazole rings is 1. The molecule has 0 spiro atoms. The third kappa shape index (κ3) is 9.68. The summed E-state index contributed by atoms with van der Waals surface area (Å²) >= 11 is 1.46. The van der Waals surface area contributed by atoms with Crippen LogP contribution in [0, 0.1) is 11.3 Å². The van der Waals surface area contributed by atoms with Gasteiger partial charge in [0.1, 0.15) is 52.6 Å². The molecule has 0 bridgehead atoms. The number of nitrogens with one attached hydrogen (secondary N) is 3. The molecule has 1 saturated heterocycles. The van der Waals surface area contributed by atoms with Gasteiger partial charge in [0, 0.05) is 53.7 Å². The van der Waals surface area contributed by atoms with Crippen LogP contribution in [-0.4, -0.2) is 96.9 Å². The second-order valence-corrected chi connectivity index (χ2v) is 20.8. The molecule has 4 N–H and O–H groups in total. The molecule has 16 nitrogen and oxygen atoms in total. The second kappa shape index (κ2) is 17.7. The van der Waals surface area contributed by atoms with Gasteiger partial charge in [-0.2, -0.15) is 0 Å². The van der Waals surface area contributed by atoms with Crippen molar-refractivity contribution in [2.45, 2.75) is 115 Å². The van der Waals surface area contributed by atoms with Gasteiger partial charge >= 0.3 is 6.09 Å². The van der Waals surface area contributed by atoms with Gasteiger partial charge in [-0.3, -0.25) is 14.2 Å². The van der Waals surface area contributed by atoms with Crippen LogP contribution in [0.5, 0.6) is 11.5 Å². The lowest BCUT2D eigenvalue weighted by molar-refractivity contribution is -0.142. The van der Waals surface area contributed by atoms with Crippen molar-refractivity contribution in [1.29, 1.82) is 0 Å². The lowest BCUT2D eigenvalue weighted by Gasteiger charge is -2.35. The number of fused-ring (bicyclic) bond motifs is 1. The zero-order valence-electron chi connectivity index (χ0n) is 35.4. The average Bonchev–Trinajstić information content (AvgIpc) is 3.61. The van der Waals surface area contributed by atoms with E-state index in [4.69, 9.17) is 24.2 Å². The number of amides is 3. The topological polar surface area (TPSA) is 207 Å². The smallest absolute Gasteiger partial charge is 0.408 e. The normalized spacial score (nSPS) is 23.0. The molecule has 4 aromatic rings. The lowest BCUT2D eigenvalue weighted by atomic mass is 9.85. The van der Waals surface area contributed by atoms with Crippen LogP contribution in [0.4, 0.5) is 9.93 Å². The first-order chi connectivity index (χ1) is 29.0. The maximum absolute atomic E-state index is 14.9. The van der Waals surface area contributed by atoms with Gasteiger partial charge in [0.05, 0.1) is 31.0 Å². The highest BCUT2D eigenvalue weighted by atomic mass is 32.1. The number of hydrogen-bond donors (Lipinski definition) is 4. The molecule has 1 unspecified atom stereocenters. The van der Waals surface area contributed by atoms with E-state index < -0.39 is 60.1 Å². The molecule has 1 aliphatic heterocycles. The molecule has 18 heteroatoms. The zero-order chi connectivity index (χ0) is 43.7. The van der Waals surface area contributed by atoms with Crippen molar-refractivity contribution in [3.05, 3.63) is 66.6 Å². The largest absolute Gasteiger partial charge is 0.497 e. The van der Waals surface area contributed by atoms with Crippen LogP contribution in [0.15, 0.2) is 60.8 Å². The number of alkyl carbamates (subject to hydrolysis) is 1. The predicted molar refractivity (Wildman–Crippen MR) is 233 cm³/mol. The van der Waals surface area contributed by atoms with Crippen LogP contribution in [0.1, 0.15) is 79.0 Å². The number of likely N-dealkylation sites (tertiary alicyclic amines) is 1. The van der Waals surface area contributed by atoms with E-state index in [9.17, 15) is 23.8 Å². The van der Waals surface area contributed by atoms with E-state index in [-0.39, 0.29) is 43.5 Å². The van der Waals surface area contributed by atoms with E-state index in [1.165, 1.54) is 28.6 Å². The minimum Gasteiger partial charge on any atom is -0.497 e. The Morgan fingerprint density at radius 1 is 1.10 bits per heavy atom. The number of anilines is 1. The minimum absolute atomic E-state index is 0.0295. The van der Waals surface area contributed by atoms with E-state index in [0.717, 1.165) is 30.8 Å². The molecule has 1 aromatic carbocycles. The Morgan fingerprint density at radius 2 is 1.84 bits per heavy atom. The lowest BCUT2D eigenvalue weighted by Crippen LogP contribution is -2.58. The van der Waals surface area contributed by atoms with Gasteiger partial charge in [0.2, 0.25) is 19.2 Å². The molecule has 6 atom stereocenters. The third-order valence-electron chi connectivity index (χ3n) is 11.5. The summed E-state index contributed by atoms with van der Waals surface area (Å²) in [7, 11) is -2.63. The summed E-state index contributed by atoms with van der Waals surface area (Å²) in [6.45, 7) is 13.4. The molecule has 3 aliphatic rings. The Morgan fingerprint density at radius 3 is 2.49 bits per heavy atom. The number of pyridine rings is 1. The molecule has 0 radical (unpaired) electrons. The van der Waals surface area contributed by atoms with E-state index in [2.05, 4.69) is 32.5 Å². The van der Waals surface area contributed by atoms with Crippen LogP contribution >= 0.6 is 18.7 Å². The number of hydrogen-bond acceptors (Lipinski definition) is 13. The van der Waals surface area contributed by atoms with Gasteiger partial charge in [0.15, 0.2) is 5.13 Å². The Balaban J connectivity index is 1.22. The quantitative estimate of drug-likeness (QED) is 0.0710. The molecular formula is C43H55N8O8PS. The van der Waals surface area contributed by atoms with Crippen LogP contribution in [0.3, 0.4) is 0 Å². The van der Waals surface area contributed by atoms with Crippen molar-refractivity contribution < 1.29 is 38.1 Å². The Kier molecular flexibility index (Phi) is 12.8. The number of aromatic nitrogens is 4. The van der Waals surface area contributed by atoms with E-state index in [1.807, 2.05) is 46.1 Å². The highest BCUT2D eigenvalue weighted by Gasteiger charge is 2.66. The molecule has 3 fully saturated rings. The number of methoxy groups -OCH3 is 1. The zero-order valence-corrected chi connectivity index (χ0v) is 37.1. The van der Waals surface area contributed by atoms with Crippen molar-refractivity contribution in [3.63, 3.8) is 0 Å². The Labute approximate surface area is 359 Å². The first kappa shape index (κ1) is 44.0. The van der Waals surface area contributed by atoms with Gasteiger partial charge in [-0.25, -0.2) is 24.7 Å². The average molecular weight is 875 g/mol. The third-order valence-corrected chi connectivity index (χ3v) is 14.8. The summed E-state index contributed by atoms with van der Waals surface area (Å²) in [4.78, 5) is 73.8. The number of nitrogens with zero attached hydrogens (tertiary/aromatic N) is 5. The van der Waals surface area contributed by atoms with Crippen LogP contribution in [0.2, 0.25) is 0 Å². The van der Waals surface area contributed by atoms with Gasteiger partial charge in [-0.15, -0.1) is 17.9 Å². The molecular weight excluding hydrogens is 820 g/mol. The van der Waals surface area contributed by atoms with Crippen LogP contribution in [-0.2, 0) is 25.1 Å². The van der Waals surface area contributed by atoms with Crippen molar-refractivity contribution in [2.24, 2.45) is 11.3 Å². The summed E-state index contributed by atoms with van der Waals surface area (Å²) < 4.78 is 32.2. The predicted octanol–water partition coefficient (Wildman–Crippen LogP) is 6.90. The molecule has 3 aromatic heterocycles. The SMILES string of the molecule is C=C[C@@H]1C[C@]1(NC(=O)[C@@H]1C[C@@H](Oc2cc(-c3csc(NC(C)C)n3)nc3cc(OC)ccc23)CN1C(=O)[C@@H](NC(=O)OC1CCCC1)C(C)(C)C)P(=O)(O)Cc1ncccn1. The minimum atomic E-state index is -4.20. The summed E-state index contributed by atoms with van der Waals surface area (Å²) in [5, 5.41) is 10.8. The molecule has 326 valence electrons. The molecule has 2 aliphatic carbocycles. The number of ether oxygens (including phenoxy) is 3. The second-order valence-electron chi connectivity index (χ2n) is 17.4. The highest BCUT2D eigenvalue weighted by molar-refractivity contribution is 7.59. The van der Waals surface area contributed by atoms with Gasteiger partial charge in [0.25, 0.3) is 0 Å². The van der Waals surface area contributed by atoms with Crippen LogP contribution in [0.25, 0.3) is 22.3 Å². The maximum atomic E-state index is 14.9. The molecule has 7 rings (SSSR count). The standard InChI is InChI=1S/C43H55N8O8PS/c1-8-26-21-43(26,60(55,56)23-36-44-16-11-17-45-36)50-38(52)34-19-29(22-51(34)39(53)37(42(4,5)6)49-41(54)59-27-12-9-10-13-27)58-35-20-32(33-24-61-40(48-33)46-25(2)3)47-31-18-28(57-7)14-15-30(31)35/h8,11,14-18,20,24-27,29,34,37H,1,9-10,12-13,19,21-23H2,2-7H3,(H,46,48)(H,49,54)(H,50,52)(H,55,56)/t26-,29-,34+,37-,43+/m1/s1. The number of benzene rings is 1. The van der Waals surface area contributed by atoms with E-state index in [0.29, 0.717) is 33.8 Å².